The SMILES string of the molecule is Cc1nc(NC(C)c2cccc(C3CCCN3)c2)cc(-c2ccc3ncsc3c2)n1. The van der Waals surface area contributed by atoms with Crippen LogP contribution in [0.1, 0.15) is 48.8 Å². The highest BCUT2D eigenvalue weighted by atomic mass is 32.1. The molecule has 1 saturated heterocycles. The van der Waals surface area contributed by atoms with E-state index in [1.54, 1.807) is 11.3 Å². The molecule has 4 aromatic rings. The largest absolute Gasteiger partial charge is 0.363 e. The van der Waals surface area contributed by atoms with Gasteiger partial charge < -0.3 is 10.6 Å². The lowest BCUT2D eigenvalue weighted by molar-refractivity contribution is 0.646. The van der Waals surface area contributed by atoms with E-state index in [1.165, 1.54) is 28.7 Å². The second-order valence-electron chi connectivity index (χ2n) is 7.91. The molecule has 2 N–H and O–H groups in total. The predicted octanol–water partition coefficient (Wildman–Crippen LogP) is 5.66. The summed E-state index contributed by atoms with van der Waals surface area (Å²) in [6.45, 7) is 5.23. The standard InChI is InChI=1S/C24H25N5S/c1-15(17-5-3-6-18(11-17)20-7-4-10-25-20)27-24-13-22(28-16(2)29-24)19-8-9-21-23(12-19)30-14-26-21/h3,5-6,8-9,11-15,20,25H,4,7,10H2,1-2H3,(H,27,28,29). The maximum Gasteiger partial charge on any atom is 0.130 e. The molecule has 0 saturated carbocycles. The topological polar surface area (TPSA) is 62.7 Å². The van der Waals surface area contributed by atoms with E-state index in [9.17, 15) is 0 Å². The number of aryl methyl sites for hydroxylation is 1. The van der Waals surface area contributed by atoms with Crippen molar-refractivity contribution in [3.8, 4) is 11.3 Å². The highest BCUT2D eigenvalue weighted by molar-refractivity contribution is 7.16. The molecule has 0 amide bonds. The quantitative estimate of drug-likeness (QED) is 0.440. The van der Waals surface area contributed by atoms with Crippen molar-refractivity contribution >= 4 is 27.4 Å². The van der Waals surface area contributed by atoms with Crippen molar-refractivity contribution in [3.63, 3.8) is 0 Å². The molecular weight excluding hydrogens is 390 g/mol. The van der Waals surface area contributed by atoms with Gasteiger partial charge in [0, 0.05) is 23.7 Å². The Morgan fingerprint density at radius 3 is 2.93 bits per heavy atom. The molecule has 2 aromatic heterocycles. The first-order valence-electron chi connectivity index (χ1n) is 10.4. The molecule has 30 heavy (non-hydrogen) atoms. The van der Waals surface area contributed by atoms with Crippen LogP contribution in [-0.4, -0.2) is 21.5 Å². The minimum absolute atomic E-state index is 0.150. The normalized spacial score (nSPS) is 17.3. The van der Waals surface area contributed by atoms with Crippen molar-refractivity contribution in [1.82, 2.24) is 20.3 Å². The molecule has 2 atom stereocenters. The average molecular weight is 416 g/mol. The molecule has 5 rings (SSSR count). The Morgan fingerprint density at radius 1 is 1.13 bits per heavy atom. The van der Waals surface area contributed by atoms with Gasteiger partial charge in [0.05, 0.1) is 21.4 Å². The molecule has 0 bridgehead atoms. The van der Waals surface area contributed by atoms with Crippen molar-refractivity contribution in [2.45, 2.75) is 38.8 Å². The van der Waals surface area contributed by atoms with Gasteiger partial charge in [-0.15, -0.1) is 11.3 Å². The molecule has 2 aromatic carbocycles. The van der Waals surface area contributed by atoms with Gasteiger partial charge in [0.15, 0.2) is 0 Å². The van der Waals surface area contributed by atoms with E-state index in [1.807, 2.05) is 18.5 Å². The lowest BCUT2D eigenvalue weighted by Gasteiger charge is -2.18. The van der Waals surface area contributed by atoms with Crippen molar-refractivity contribution in [1.29, 1.82) is 0 Å². The third-order valence-electron chi connectivity index (χ3n) is 5.70. The third-order valence-corrected chi connectivity index (χ3v) is 6.49. The summed E-state index contributed by atoms with van der Waals surface area (Å²) in [5, 5.41) is 7.17. The molecule has 0 spiro atoms. The van der Waals surface area contributed by atoms with Crippen LogP contribution in [0.4, 0.5) is 5.82 Å². The first-order chi connectivity index (χ1) is 14.7. The molecule has 1 fully saturated rings. The number of rotatable bonds is 5. The fraction of sp³-hybridized carbons (Fsp3) is 0.292. The zero-order valence-electron chi connectivity index (χ0n) is 17.2. The van der Waals surface area contributed by atoms with E-state index in [2.05, 4.69) is 75.0 Å². The summed E-state index contributed by atoms with van der Waals surface area (Å²) in [7, 11) is 0. The zero-order valence-corrected chi connectivity index (χ0v) is 18.0. The number of thiazole rings is 1. The minimum Gasteiger partial charge on any atom is -0.363 e. The minimum atomic E-state index is 0.150. The van der Waals surface area contributed by atoms with Gasteiger partial charge in [0.1, 0.15) is 11.6 Å². The van der Waals surface area contributed by atoms with Crippen LogP contribution in [0.2, 0.25) is 0 Å². The highest BCUT2D eigenvalue weighted by Crippen LogP contribution is 2.29. The summed E-state index contributed by atoms with van der Waals surface area (Å²) in [6.07, 6.45) is 2.46. The van der Waals surface area contributed by atoms with Gasteiger partial charge in [-0.2, -0.15) is 0 Å². The van der Waals surface area contributed by atoms with Gasteiger partial charge in [0.25, 0.3) is 0 Å². The second-order valence-corrected chi connectivity index (χ2v) is 8.79. The van der Waals surface area contributed by atoms with E-state index >= 15 is 0 Å². The number of fused-ring (bicyclic) bond motifs is 1. The van der Waals surface area contributed by atoms with Crippen LogP contribution in [0.15, 0.2) is 54.0 Å². The highest BCUT2D eigenvalue weighted by Gasteiger charge is 2.17. The Balaban J connectivity index is 1.40. The summed E-state index contributed by atoms with van der Waals surface area (Å²) in [6, 6.07) is 17.8. The molecule has 0 aliphatic carbocycles. The van der Waals surface area contributed by atoms with Crippen molar-refractivity contribution in [2.24, 2.45) is 0 Å². The molecule has 0 radical (unpaired) electrons. The first-order valence-corrected chi connectivity index (χ1v) is 11.3. The van der Waals surface area contributed by atoms with Gasteiger partial charge in [0.2, 0.25) is 0 Å². The fourth-order valence-electron chi connectivity index (χ4n) is 4.12. The van der Waals surface area contributed by atoms with E-state index in [0.29, 0.717) is 6.04 Å². The van der Waals surface area contributed by atoms with Gasteiger partial charge in [-0.25, -0.2) is 15.0 Å². The van der Waals surface area contributed by atoms with Crippen molar-refractivity contribution in [3.05, 3.63) is 71.0 Å². The molecule has 6 heteroatoms. The van der Waals surface area contributed by atoms with Gasteiger partial charge in [-0.1, -0.05) is 30.3 Å². The van der Waals surface area contributed by atoms with Crippen LogP contribution in [0.25, 0.3) is 21.5 Å². The van der Waals surface area contributed by atoms with E-state index in [4.69, 9.17) is 0 Å². The Hall–Kier alpha value is -2.83. The average Bonchev–Trinajstić information content (AvgIpc) is 3.45. The number of benzene rings is 2. The van der Waals surface area contributed by atoms with Crippen LogP contribution in [-0.2, 0) is 0 Å². The summed E-state index contributed by atoms with van der Waals surface area (Å²) in [5.74, 6) is 1.61. The van der Waals surface area contributed by atoms with Crippen LogP contribution < -0.4 is 10.6 Å². The Kier molecular flexibility index (Phi) is 5.19. The van der Waals surface area contributed by atoms with Gasteiger partial charge >= 0.3 is 0 Å². The first kappa shape index (κ1) is 19.2. The smallest absolute Gasteiger partial charge is 0.130 e. The Bertz CT molecular complexity index is 1180. The molecule has 3 heterocycles. The molecule has 2 unspecified atom stereocenters. The molecular formula is C24H25N5S. The summed E-state index contributed by atoms with van der Waals surface area (Å²) < 4.78 is 1.17. The van der Waals surface area contributed by atoms with Gasteiger partial charge in [-0.3, -0.25) is 0 Å². The lowest BCUT2D eigenvalue weighted by atomic mass is 9.99. The number of nitrogens with zero attached hydrogens (tertiary/aromatic N) is 3. The van der Waals surface area contributed by atoms with Crippen LogP contribution in [0.5, 0.6) is 0 Å². The summed E-state index contributed by atoms with van der Waals surface area (Å²) in [4.78, 5) is 13.7. The number of hydrogen-bond acceptors (Lipinski definition) is 6. The molecule has 1 aliphatic rings. The Morgan fingerprint density at radius 2 is 2.07 bits per heavy atom. The summed E-state index contributed by atoms with van der Waals surface area (Å²) >= 11 is 1.65. The summed E-state index contributed by atoms with van der Waals surface area (Å²) in [5.41, 5.74) is 7.56. The van der Waals surface area contributed by atoms with E-state index < -0.39 is 0 Å². The predicted molar refractivity (Wildman–Crippen MR) is 124 cm³/mol. The van der Waals surface area contributed by atoms with Crippen LogP contribution in [0, 0.1) is 6.92 Å². The lowest BCUT2D eigenvalue weighted by Crippen LogP contribution is -2.14. The van der Waals surface area contributed by atoms with Crippen LogP contribution in [0.3, 0.4) is 0 Å². The van der Waals surface area contributed by atoms with Crippen molar-refractivity contribution < 1.29 is 0 Å². The zero-order chi connectivity index (χ0) is 20.5. The number of aromatic nitrogens is 3. The number of nitrogens with one attached hydrogen (secondary N) is 2. The van der Waals surface area contributed by atoms with E-state index in [-0.39, 0.29) is 6.04 Å². The van der Waals surface area contributed by atoms with Crippen molar-refractivity contribution in [2.75, 3.05) is 11.9 Å². The maximum absolute atomic E-state index is 4.67. The monoisotopic (exact) mass is 415 g/mol. The molecule has 5 nitrogen and oxygen atoms in total. The third kappa shape index (κ3) is 3.93. The Labute approximate surface area is 180 Å². The number of hydrogen-bond donors (Lipinski definition) is 2. The molecule has 152 valence electrons. The van der Waals surface area contributed by atoms with Gasteiger partial charge in [-0.05, 0) is 56.5 Å². The van der Waals surface area contributed by atoms with E-state index in [0.717, 1.165) is 35.0 Å². The second kappa shape index (κ2) is 8.13. The molecule has 1 aliphatic heterocycles. The maximum atomic E-state index is 4.67. The van der Waals surface area contributed by atoms with Crippen LogP contribution >= 0.6 is 11.3 Å². The number of anilines is 1. The fourth-order valence-corrected chi connectivity index (χ4v) is 4.84.